The molecule has 164 valence electrons. The van der Waals surface area contributed by atoms with E-state index in [4.69, 9.17) is 9.73 Å². The lowest BCUT2D eigenvalue weighted by Gasteiger charge is -2.31. The molecule has 0 saturated heterocycles. The van der Waals surface area contributed by atoms with Gasteiger partial charge in [-0.15, -0.1) is 0 Å². The highest BCUT2D eigenvalue weighted by atomic mass is 79.9. The molecule has 0 amide bonds. The number of phenols is 1. The Morgan fingerprint density at radius 1 is 1.12 bits per heavy atom. The largest absolute Gasteiger partial charge is 0.508 e. The van der Waals surface area contributed by atoms with Gasteiger partial charge in [0, 0.05) is 28.2 Å². The maximum absolute atomic E-state index is 11.8. The number of aromatic hydroxyl groups is 1. The smallest absolute Gasteiger partial charge is 0.337 e. The summed E-state index contributed by atoms with van der Waals surface area (Å²) in [5.41, 5.74) is 5.55. The third-order valence-corrected chi connectivity index (χ3v) is 6.24. The molecule has 0 aromatic heterocycles. The number of hydrogen-bond acceptors (Lipinski definition) is 5. The Morgan fingerprint density at radius 2 is 1.84 bits per heavy atom. The van der Waals surface area contributed by atoms with Crippen LogP contribution in [0.1, 0.15) is 58.2 Å². The first-order valence-corrected chi connectivity index (χ1v) is 11.4. The number of nitrogens with zero attached hydrogens (tertiary/aromatic N) is 1. The Balaban J connectivity index is 1.72. The van der Waals surface area contributed by atoms with E-state index in [1.54, 1.807) is 18.2 Å². The molecule has 0 radical (unpaired) electrons. The van der Waals surface area contributed by atoms with E-state index in [0.29, 0.717) is 12.0 Å². The second kappa shape index (κ2) is 9.67. The van der Waals surface area contributed by atoms with Crippen LogP contribution in [0.3, 0.4) is 0 Å². The van der Waals surface area contributed by atoms with Crippen molar-refractivity contribution in [2.24, 2.45) is 4.99 Å². The summed E-state index contributed by atoms with van der Waals surface area (Å²) in [5, 5.41) is 14.1. The predicted molar refractivity (Wildman–Crippen MR) is 129 cm³/mol. The zero-order valence-electron chi connectivity index (χ0n) is 18.0. The zero-order chi connectivity index (χ0) is 22.7. The third-order valence-electron chi connectivity index (χ3n) is 5.75. The number of phenolic OH excluding ortho intramolecular Hbond substituents is 1. The topological polar surface area (TPSA) is 70.9 Å². The van der Waals surface area contributed by atoms with Gasteiger partial charge in [-0.2, -0.15) is 0 Å². The van der Waals surface area contributed by atoms with Gasteiger partial charge in [0.15, 0.2) is 0 Å². The second-order valence-electron chi connectivity index (χ2n) is 7.77. The van der Waals surface area contributed by atoms with E-state index in [2.05, 4.69) is 52.4 Å². The quantitative estimate of drug-likeness (QED) is 0.446. The number of nitrogens with one attached hydrogen (secondary N) is 1. The summed E-state index contributed by atoms with van der Waals surface area (Å²) in [5.74, 6) is -0.127. The lowest BCUT2D eigenvalue weighted by molar-refractivity contribution is 0.0600. The molecule has 0 unspecified atom stereocenters. The summed E-state index contributed by atoms with van der Waals surface area (Å²) in [6.45, 7) is 2.14. The van der Waals surface area contributed by atoms with Crippen LogP contribution in [-0.4, -0.2) is 23.9 Å². The first-order valence-electron chi connectivity index (χ1n) is 10.6. The molecule has 0 aliphatic carbocycles. The Labute approximate surface area is 196 Å². The normalized spacial score (nSPS) is 18.2. The highest BCUT2D eigenvalue weighted by Crippen LogP contribution is 2.36. The van der Waals surface area contributed by atoms with Gasteiger partial charge in [0.25, 0.3) is 0 Å². The maximum atomic E-state index is 11.8. The molecule has 0 fully saturated rings. The lowest BCUT2D eigenvalue weighted by atomic mass is 9.93. The SMILES string of the molecule is CCc1ccc(C2=N[C@H](c3ccc(C(=O)OC)cc3)N[C@@H](c3cc(Br)ccc3O)C2)cc1. The molecule has 32 heavy (non-hydrogen) atoms. The number of esters is 1. The molecule has 0 spiro atoms. The highest BCUT2D eigenvalue weighted by molar-refractivity contribution is 9.10. The fourth-order valence-corrected chi connectivity index (χ4v) is 4.29. The number of halogens is 1. The van der Waals surface area contributed by atoms with Crippen LogP contribution in [0.15, 0.2) is 76.2 Å². The van der Waals surface area contributed by atoms with Gasteiger partial charge in [0.1, 0.15) is 11.9 Å². The van der Waals surface area contributed by atoms with Crippen molar-refractivity contribution in [3.63, 3.8) is 0 Å². The Kier molecular flexibility index (Phi) is 6.72. The minimum atomic E-state index is -0.370. The van der Waals surface area contributed by atoms with Gasteiger partial charge in [-0.25, -0.2) is 4.79 Å². The van der Waals surface area contributed by atoms with Crippen molar-refractivity contribution in [2.45, 2.75) is 32.0 Å². The Morgan fingerprint density at radius 3 is 2.50 bits per heavy atom. The standard InChI is InChI=1S/C26H25BrN2O3/c1-3-16-4-6-17(7-5-16)22-15-23(21-14-20(27)12-13-24(21)30)29-25(28-22)18-8-10-19(11-9-18)26(31)32-2/h4-14,23,25,29-30H,3,15H2,1-2H3/t23-,25+/m1/s1. The minimum Gasteiger partial charge on any atom is -0.508 e. The average Bonchev–Trinajstić information content (AvgIpc) is 2.85. The van der Waals surface area contributed by atoms with E-state index in [9.17, 15) is 9.90 Å². The van der Waals surface area contributed by atoms with Crippen molar-refractivity contribution in [1.29, 1.82) is 0 Å². The van der Waals surface area contributed by atoms with Gasteiger partial charge < -0.3 is 9.84 Å². The number of carbonyl (C=O) groups is 1. The van der Waals surface area contributed by atoms with Gasteiger partial charge >= 0.3 is 5.97 Å². The summed E-state index contributed by atoms with van der Waals surface area (Å²) in [7, 11) is 1.37. The zero-order valence-corrected chi connectivity index (χ0v) is 19.6. The van der Waals surface area contributed by atoms with Gasteiger partial charge in [0.05, 0.1) is 12.7 Å². The fourth-order valence-electron chi connectivity index (χ4n) is 3.91. The molecule has 6 heteroatoms. The van der Waals surface area contributed by atoms with E-state index in [0.717, 1.165) is 33.3 Å². The number of benzene rings is 3. The van der Waals surface area contributed by atoms with Gasteiger partial charge in [-0.05, 0) is 53.4 Å². The van der Waals surface area contributed by atoms with Crippen molar-refractivity contribution in [3.8, 4) is 5.75 Å². The number of aryl methyl sites for hydroxylation is 1. The molecule has 2 atom stereocenters. The van der Waals surface area contributed by atoms with Crippen LogP contribution in [0.25, 0.3) is 0 Å². The van der Waals surface area contributed by atoms with E-state index >= 15 is 0 Å². The molecule has 4 rings (SSSR count). The summed E-state index contributed by atoms with van der Waals surface area (Å²) in [6.07, 6.45) is 1.31. The number of aliphatic imine (C=N–C) groups is 1. The van der Waals surface area contributed by atoms with Crippen LogP contribution in [0.4, 0.5) is 0 Å². The minimum absolute atomic E-state index is 0.129. The Bertz CT molecular complexity index is 1140. The van der Waals surface area contributed by atoms with Crippen molar-refractivity contribution >= 4 is 27.6 Å². The summed E-state index contributed by atoms with van der Waals surface area (Å²) in [4.78, 5) is 16.8. The monoisotopic (exact) mass is 492 g/mol. The number of hydrogen-bond donors (Lipinski definition) is 2. The van der Waals surface area contributed by atoms with Gasteiger partial charge in [-0.3, -0.25) is 10.3 Å². The highest BCUT2D eigenvalue weighted by Gasteiger charge is 2.28. The van der Waals surface area contributed by atoms with Crippen LogP contribution in [-0.2, 0) is 11.2 Å². The van der Waals surface area contributed by atoms with Crippen LogP contribution in [0.5, 0.6) is 5.75 Å². The predicted octanol–water partition coefficient (Wildman–Crippen LogP) is 5.73. The molecule has 1 heterocycles. The van der Waals surface area contributed by atoms with Crippen molar-refractivity contribution < 1.29 is 14.6 Å². The summed E-state index contributed by atoms with van der Waals surface area (Å²) in [6, 6.07) is 21.1. The van der Waals surface area contributed by atoms with E-state index in [-0.39, 0.29) is 23.9 Å². The molecule has 1 aliphatic heterocycles. The van der Waals surface area contributed by atoms with Crippen molar-refractivity contribution in [2.75, 3.05) is 7.11 Å². The van der Waals surface area contributed by atoms with E-state index in [1.807, 2.05) is 24.3 Å². The molecular weight excluding hydrogens is 468 g/mol. The Hall–Kier alpha value is -2.96. The molecule has 0 bridgehead atoms. The number of carbonyl (C=O) groups excluding carboxylic acids is 1. The van der Waals surface area contributed by atoms with Crippen LogP contribution in [0.2, 0.25) is 0 Å². The molecule has 2 N–H and O–H groups in total. The van der Waals surface area contributed by atoms with E-state index < -0.39 is 0 Å². The van der Waals surface area contributed by atoms with Crippen LogP contribution < -0.4 is 5.32 Å². The number of ether oxygens (including phenoxy) is 1. The maximum Gasteiger partial charge on any atom is 0.337 e. The molecular formula is C26H25BrN2O3. The molecule has 0 saturated carbocycles. The second-order valence-corrected chi connectivity index (χ2v) is 8.68. The molecule has 5 nitrogen and oxygen atoms in total. The van der Waals surface area contributed by atoms with E-state index in [1.165, 1.54) is 12.7 Å². The number of rotatable bonds is 5. The first kappa shape index (κ1) is 22.2. The lowest BCUT2D eigenvalue weighted by Crippen LogP contribution is -2.33. The fraction of sp³-hybridized carbons (Fsp3) is 0.231. The van der Waals surface area contributed by atoms with Crippen molar-refractivity contribution in [3.05, 3.63) is 99.0 Å². The summed E-state index contributed by atoms with van der Waals surface area (Å²) < 4.78 is 5.71. The van der Waals surface area contributed by atoms with Gasteiger partial charge in [-0.1, -0.05) is 59.3 Å². The van der Waals surface area contributed by atoms with Crippen LogP contribution in [0, 0.1) is 0 Å². The van der Waals surface area contributed by atoms with Crippen LogP contribution >= 0.6 is 15.9 Å². The third kappa shape index (κ3) is 4.76. The first-order chi connectivity index (χ1) is 15.5. The molecule has 3 aromatic rings. The van der Waals surface area contributed by atoms with Crippen molar-refractivity contribution in [1.82, 2.24) is 5.32 Å². The molecule has 1 aliphatic rings. The average molecular weight is 493 g/mol. The summed E-state index contributed by atoms with van der Waals surface area (Å²) >= 11 is 3.51. The van der Waals surface area contributed by atoms with Gasteiger partial charge in [0.2, 0.25) is 0 Å². The molecule has 3 aromatic carbocycles. The number of methoxy groups -OCH3 is 1.